The Labute approximate surface area is 87.0 Å². The lowest BCUT2D eigenvalue weighted by atomic mass is 10.2. The minimum atomic E-state index is -1.13. The number of carbonyl (C=O) groups excluding carboxylic acids is 2. The first-order valence-electron chi connectivity index (χ1n) is 4.50. The van der Waals surface area contributed by atoms with Gasteiger partial charge in [0.05, 0.1) is 0 Å². The molecule has 0 aromatic carbocycles. The van der Waals surface area contributed by atoms with Gasteiger partial charge in [0.25, 0.3) is 5.91 Å². The Morgan fingerprint density at radius 3 is 2.13 bits per heavy atom. The maximum Gasteiger partial charge on any atom is 0.325 e. The van der Waals surface area contributed by atoms with E-state index in [9.17, 15) is 14.4 Å². The molecule has 0 aliphatic carbocycles. The lowest BCUT2D eigenvalue weighted by molar-refractivity contribution is -0.355. The van der Waals surface area contributed by atoms with Crippen molar-refractivity contribution in [2.75, 3.05) is 6.54 Å². The van der Waals surface area contributed by atoms with Gasteiger partial charge in [0.2, 0.25) is 5.91 Å². The van der Waals surface area contributed by atoms with E-state index in [0.29, 0.717) is 0 Å². The molecule has 0 bridgehead atoms. The number of aliphatic carboxylic acids is 1. The summed E-state index contributed by atoms with van der Waals surface area (Å²) in [5.41, 5.74) is 3.35. The monoisotopic (exact) mass is 218 g/mol. The van der Waals surface area contributed by atoms with Crippen LogP contribution < -0.4 is 16.4 Å². The van der Waals surface area contributed by atoms with E-state index in [4.69, 9.17) is 5.11 Å². The number of amides is 2. The summed E-state index contributed by atoms with van der Waals surface area (Å²) < 4.78 is 0. The maximum absolute atomic E-state index is 11.3. The van der Waals surface area contributed by atoms with E-state index in [-0.39, 0.29) is 12.5 Å². The molecule has 7 nitrogen and oxygen atoms in total. The minimum absolute atomic E-state index is 0.0338. The van der Waals surface area contributed by atoms with Crippen molar-refractivity contribution in [2.24, 2.45) is 0 Å². The molecule has 6 N–H and O–H groups in total. The van der Waals surface area contributed by atoms with Crippen LogP contribution in [0.15, 0.2) is 0 Å². The van der Waals surface area contributed by atoms with Crippen LogP contribution in [0.25, 0.3) is 0 Å². The number of carbonyl (C=O) groups is 3. The van der Waals surface area contributed by atoms with Gasteiger partial charge in [0.15, 0.2) is 6.54 Å². The van der Waals surface area contributed by atoms with E-state index in [2.05, 4.69) is 16.4 Å². The molecule has 0 unspecified atom stereocenters. The van der Waals surface area contributed by atoms with Crippen molar-refractivity contribution < 1.29 is 25.2 Å². The van der Waals surface area contributed by atoms with Gasteiger partial charge in [-0.2, -0.15) is 0 Å². The highest BCUT2D eigenvalue weighted by Crippen LogP contribution is 1.86. The summed E-state index contributed by atoms with van der Waals surface area (Å²) in [4.78, 5) is 32.6. The largest absolute Gasteiger partial charge is 0.480 e. The van der Waals surface area contributed by atoms with E-state index in [1.807, 2.05) is 0 Å². The smallest absolute Gasteiger partial charge is 0.325 e. The molecule has 0 aromatic rings. The fraction of sp³-hybridized carbons (Fsp3) is 0.625. The first-order chi connectivity index (χ1) is 6.88. The minimum Gasteiger partial charge on any atom is -0.480 e. The summed E-state index contributed by atoms with van der Waals surface area (Å²) in [5, 5.41) is 13.1. The number of nitrogens with one attached hydrogen (secondary N) is 2. The Kier molecular flexibility index (Phi) is 5.32. The molecule has 7 heteroatoms. The molecule has 15 heavy (non-hydrogen) atoms. The second-order valence-corrected chi connectivity index (χ2v) is 3.11. The zero-order valence-electron chi connectivity index (χ0n) is 8.74. The first kappa shape index (κ1) is 13.4. The van der Waals surface area contributed by atoms with Crippen molar-refractivity contribution in [3.05, 3.63) is 0 Å². The van der Waals surface area contributed by atoms with Crippen molar-refractivity contribution >= 4 is 17.8 Å². The van der Waals surface area contributed by atoms with Crippen LogP contribution in [0.5, 0.6) is 0 Å². The molecule has 86 valence electrons. The third-order valence-corrected chi connectivity index (χ3v) is 1.73. The van der Waals surface area contributed by atoms with Crippen LogP contribution in [0.1, 0.15) is 13.8 Å². The van der Waals surface area contributed by atoms with Gasteiger partial charge in [0, 0.05) is 0 Å². The van der Waals surface area contributed by atoms with Gasteiger partial charge in [0.1, 0.15) is 12.1 Å². The lowest BCUT2D eigenvalue weighted by Gasteiger charge is -2.15. The zero-order valence-corrected chi connectivity index (χ0v) is 8.74. The predicted molar refractivity (Wildman–Crippen MR) is 50.6 cm³/mol. The topological polar surface area (TPSA) is 123 Å². The molecule has 0 aliphatic heterocycles. The normalized spacial score (nSPS) is 13.8. The molecule has 0 rings (SSSR count). The summed E-state index contributed by atoms with van der Waals surface area (Å²) in [6, 6.07) is -1.74. The highest BCUT2D eigenvalue weighted by molar-refractivity contribution is 5.90. The average molecular weight is 218 g/mol. The Bertz CT molecular complexity index is 267. The second-order valence-electron chi connectivity index (χ2n) is 3.11. The van der Waals surface area contributed by atoms with Crippen LogP contribution in [0.4, 0.5) is 0 Å². The molecule has 0 spiro atoms. The van der Waals surface area contributed by atoms with Gasteiger partial charge in [-0.25, -0.2) is 0 Å². The number of carboxylic acid groups (broad SMARTS) is 1. The molecule has 0 aromatic heterocycles. The van der Waals surface area contributed by atoms with Gasteiger partial charge >= 0.3 is 5.97 Å². The van der Waals surface area contributed by atoms with Gasteiger partial charge in [-0.05, 0) is 13.8 Å². The molecule has 2 atom stereocenters. The van der Waals surface area contributed by atoms with E-state index >= 15 is 0 Å². The summed E-state index contributed by atoms with van der Waals surface area (Å²) in [6.45, 7) is 2.85. The van der Waals surface area contributed by atoms with Crippen molar-refractivity contribution in [3.8, 4) is 0 Å². The lowest BCUT2D eigenvalue weighted by Crippen LogP contribution is -2.59. The molecule has 0 aliphatic rings. The molecule has 0 radical (unpaired) electrons. The van der Waals surface area contributed by atoms with Crippen molar-refractivity contribution in [1.29, 1.82) is 0 Å². The van der Waals surface area contributed by atoms with Gasteiger partial charge in [-0.3, -0.25) is 14.4 Å². The molecule has 2 amide bonds. The van der Waals surface area contributed by atoms with Crippen molar-refractivity contribution in [3.63, 3.8) is 0 Å². The highest BCUT2D eigenvalue weighted by Gasteiger charge is 2.20. The van der Waals surface area contributed by atoms with Crippen LogP contribution in [0, 0.1) is 0 Å². The standard InChI is InChI=1S/C8H15N3O4/c1-4(10-6(12)3-9)7(13)11-5(2)8(14)15/h4-5H,3,9H2,1-2H3,(H,10,12)(H,11,13)(H,14,15)/p+1/t4-,5-/m0/s1. The summed E-state index contributed by atoms with van der Waals surface area (Å²) in [7, 11) is 0. The highest BCUT2D eigenvalue weighted by atomic mass is 16.4. The molecule has 0 heterocycles. The van der Waals surface area contributed by atoms with Crippen LogP contribution in [0.3, 0.4) is 0 Å². The summed E-state index contributed by atoms with van der Waals surface area (Å²) in [6.07, 6.45) is 0. The quantitative estimate of drug-likeness (QED) is 0.401. The van der Waals surface area contributed by atoms with Crippen molar-refractivity contribution in [1.82, 2.24) is 10.6 Å². The third kappa shape index (κ3) is 4.96. The molecule has 0 saturated heterocycles. The predicted octanol–water partition coefficient (Wildman–Crippen LogP) is -2.68. The fourth-order valence-corrected chi connectivity index (χ4v) is 0.779. The fourth-order valence-electron chi connectivity index (χ4n) is 0.779. The Morgan fingerprint density at radius 1 is 1.20 bits per heavy atom. The van der Waals surface area contributed by atoms with Crippen LogP contribution >= 0.6 is 0 Å². The number of hydrogen-bond donors (Lipinski definition) is 4. The number of rotatable bonds is 5. The molecule has 0 fully saturated rings. The van der Waals surface area contributed by atoms with Gasteiger partial charge in [-0.15, -0.1) is 0 Å². The molecule has 0 saturated carbocycles. The molecular weight excluding hydrogens is 202 g/mol. The van der Waals surface area contributed by atoms with Crippen LogP contribution in [-0.2, 0) is 14.4 Å². The number of quaternary nitrogens is 1. The van der Waals surface area contributed by atoms with Crippen LogP contribution in [-0.4, -0.2) is 41.5 Å². The van der Waals surface area contributed by atoms with Gasteiger partial charge < -0.3 is 21.5 Å². The Balaban J connectivity index is 4.10. The van der Waals surface area contributed by atoms with E-state index in [1.165, 1.54) is 13.8 Å². The Hall–Kier alpha value is -1.63. The van der Waals surface area contributed by atoms with E-state index in [0.717, 1.165) is 0 Å². The van der Waals surface area contributed by atoms with Gasteiger partial charge in [-0.1, -0.05) is 0 Å². The Morgan fingerprint density at radius 2 is 1.73 bits per heavy atom. The maximum atomic E-state index is 11.3. The van der Waals surface area contributed by atoms with Crippen molar-refractivity contribution in [2.45, 2.75) is 25.9 Å². The zero-order chi connectivity index (χ0) is 12.0. The molecular formula is C8H16N3O4+. The first-order valence-corrected chi connectivity index (χ1v) is 4.50. The number of carboxylic acids is 1. The van der Waals surface area contributed by atoms with Crippen LogP contribution in [0.2, 0.25) is 0 Å². The summed E-state index contributed by atoms with van der Waals surface area (Å²) in [5.74, 6) is -2.02. The van der Waals surface area contributed by atoms with E-state index < -0.39 is 24.0 Å². The number of hydrogen-bond acceptors (Lipinski definition) is 3. The van der Waals surface area contributed by atoms with E-state index in [1.54, 1.807) is 0 Å². The SMILES string of the molecule is C[C@H](NC(=O)[C@H](C)NC(=O)C[NH3+])C(=O)O. The summed E-state index contributed by atoms with van der Waals surface area (Å²) >= 11 is 0. The third-order valence-electron chi connectivity index (χ3n) is 1.73. The average Bonchev–Trinajstić information content (AvgIpc) is 2.16. The second kappa shape index (κ2) is 5.97.